The number of allylic oxidation sites excluding steroid dienone is 1. The van der Waals surface area contributed by atoms with E-state index in [0.29, 0.717) is 17.1 Å². The van der Waals surface area contributed by atoms with Crippen LogP contribution in [-0.4, -0.2) is 20.4 Å². The van der Waals surface area contributed by atoms with Gasteiger partial charge >= 0.3 is 6.18 Å². The maximum absolute atomic E-state index is 12.0. The Morgan fingerprint density at radius 2 is 1.81 bits per heavy atom. The van der Waals surface area contributed by atoms with Crippen LogP contribution in [0.1, 0.15) is 5.56 Å². The molecule has 0 aliphatic rings. The number of hydrogen-bond donors (Lipinski definition) is 0. The quantitative estimate of drug-likeness (QED) is 0.796. The van der Waals surface area contributed by atoms with Crippen molar-refractivity contribution in [1.29, 1.82) is 0 Å². The smallest absolute Gasteiger partial charge is 0.409 e. The number of hydrogen-bond acceptors (Lipinski definition) is 2. The summed E-state index contributed by atoms with van der Waals surface area (Å²) < 4.78 is 45.8. The fourth-order valence-corrected chi connectivity index (χ4v) is 1.14. The second-order valence-corrected chi connectivity index (χ2v) is 2.98. The van der Waals surface area contributed by atoms with Crippen LogP contribution in [0.25, 0.3) is 6.08 Å². The molecule has 1 aromatic carbocycles. The lowest BCUT2D eigenvalue weighted by molar-refractivity contribution is -0.0790. The Morgan fingerprint density at radius 3 is 2.31 bits per heavy atom. The second kappa shape index (κ2) is 4.92. The largest absolute Gasteiger partial charge is 0.497 e. The summed E-state index contributed by atoms with van der Waals surface area (Å²) in [7, 11) is 2.86. The minimum Gasteiger partial charge on any atom is -0.497 e. The highest BCUT2D eigenvalue weighted by Gasteiger charge is 2.22. The first kappa shape index (κ1) is 12.4. The molecule has 1 aromatic rings. The molecule has 0 saturated heterocycles. The molecule has 16 heavy (non-hydrogen) atoms. The predicted octanol–water partition coefficient (Wildman–Crippen LogP) is 3.28. The van der Waals surface area contributed by atoms with E-state index in [-0.39, 0.29) is 6.08 Å². The van der Waals surface area contributed by atoms with Crippen LogP contribution >= 0.6 is 0 Å². The minimum atomic E-state index is -4.33. The van der Waals surface area contributed by atoms with Gasteiger partial charge in [0.2, 0.25) is 0 Å². The Labute approximate surface area is 91.3 Å². The van der Waals surface area contributed by atoms with Gasteiger partial charge in [-0.3, -0.25) is 0 Å². The first-order valence-corrected chi connectivity index (χ1v) is 4.44. The molecule has 0 N–H and O–H groups in total. The van der Waals surface area contributed by atoms with E-state index in [1.807, 2.05) is 0 Å². The van der Waals surface area contributed by atoms with Crippen molar-refractivity contribution in [2.24, 2.45) is 0 Å². The Bertz CT molecular complexity index is 383. The van der Waals surface area contributed by atoms with Crippen molar-refractivity contribution in [2.75, 3.05) is 14.2 Å². The molecule has 0 heterocycles. The lowest BCUT2D eigenvalue weighted by atomic mass is 10.1. The molecule has 0 spiro atoms. The standard InChI is InChI=1S/C11H11F3O2/c1-15-9-4-3-8(10(7-9)16-2)5-6-11(12,13)14/h3-7H,1-2H3/b6-5+. The first-order chi connectivity index (χ1) is 7.46. The molecule has 1 rings (SSSR count). The summed E-state index contributed by atoms with van der Waals surface area (Å²) in [5.74, 6) is 0.862. The summed E-state index contributed by atoms with van der Waals surface area (Å²) in [5, 5.41) is 0. The maximum Gasteiger partial charge on any atom is 0.409 e. The third kappa shape index (κ3) is 3.49. The van der Waals surface area contributed by atoms with E-state index in [4.69, 9.17) is 9.47 Å². The van der Waals surface area contributed by atoms with E-state index in [9.17, 15) is 13.2 Å². The average Bonchev–Trinajstić information content (AvgIpc) is 2.25. The maximum atomic E-state index is 12.0. The van der Waals surface area contributed by atoms with E-state index in [0.717, 1.165) is 6.08 Å². The van der Waals surface area contributed by atoms with E-state index in [1.54, 1.807) is 6.07 Å². The molecule has 5 heteroatoms. The molecular weight excluding hydrogens is 221 g/mol. The van der Waals surface area contributed by atoms with Crippen LogP contribution in [0.15, 0.2) is 24.3 Å². The normalized spacial score (nSPS) is 11.8. The van der Waals surface area contributed by atoms with Crippen LogP contribution in [0.5, 0.6) is 11.5 Å². The van der Waals surface area contributed by atoms with Gasteiger partial charge in [0.05, 0.1) is 14.2 Å². The molecule has 0 atom stereocenters. The monoisotopic (exact) mass is 232 g/mol. The van der Waals surface area contributed by atoms with Crippen molar-refractivity contribution in [1.82, 2.24) is 0 Å². The van der Waals surface area contributed by atoms with Crippen molar-refractivity contribution < 1.29 is 22.6 Å². The molecule has 0 unspecified atom stereocenters. The van der Waals surface area contributed by atoms with Gasteiger partial charge in [-0.05, 0) is 18.2 Å². The highest BCUT2D eigenvalue weighted by molar-refractivity contribution is 5.59. The Morgan fingerprint density at radius 1 is 1.12 bits per heavy atom. The highest BCUT2D eigenvalue weighted by atomic mass is 19.4. The van der Waals surface area contributed by atoms with E-state index >= 15 is 0 Å². The molecular formula is C11H11F3O2. The fourth-order valence-electron chi connectivity index (χ4n) is 1.14. The van der Waals surface area contributed by atoms with Gasteiger partial charge in [-0.2, -0.15) is 13.2 Å². The van der Waals surface area contributed by atoms with Gasteiger partial charge in [-0.25, -0.2) is 0 Å². The molecule has 0 bridgehead atoms. The number of halogens is 3. The van der Waals surface area contributed by atoms with Crippen LogP contribution in [0, 0.1) is 0 Å². The average molecular weight is 232 g/mol. The lowest BCUT2D eigenvalue weighted by Crippen LogP contribution is -2.00. The summed E-state index contributed by atoms with van der Waals surface area (Å²) in [5.41, 5.74) is 0.348. The molecule has 0 aromatic heterocycles. The van der Waals surface area contributed by atoms with Crippen molar-refractivity contribution in [3.63, 3.8) is 0 Å². The molecule has 0 saturated carbocycles. The van der Waals surface area contributed by atoms with Gasteiger partial charge in [-0.15, -0.1) is 0 Å². The van der Waals surface area contributed by atoms with Gasteiger partial charge in [0.15, 0.2) is 0 Å². The fraction of sp³-hybridized carbons (Fsp3) is 0.273. The molecule has 0 aliphatic carbocycles. The third-order valence-electron chi connectivity index (χ3n) is 1.89. The highest BCUT2D eigenvalue weighted by Crippen LogP contribution is 2.27. The summed E-state index contributed by atoms with van der Waals surface area (Å²) in [4.78, 5) is 0. The summed E-state index contributed by atoms with van der Waals surface area (Å²) >= 11 is 0. The van der Waals surface area contributed by atoms with E-state index in [1.165, 1.54) is 26.4 Å². The van der Waals surface area contributed by atoms with Crippen molar-refractivity contribution in [2.45, 2.75) is 6.18 Å². The van der Waals surface area contributed by atoms with Crippen LogP contribution in [-0.2, 0) is 0 Å². The Balaban J connectivity index is 3.00. The molecule has 0 aliphatic heterocycles. The number of ether oxygens (including phenoxy) is 2. The number of rotatable bonds is 3. The van der Waals surface area contributed by atoms with E-state index in [2.05, 4.69) is 0 Å². The second-order valence-electron chi connectivity index (χ2n) is 2.98. The Hall–Kier alpha value is -1.65. The van der Waals surface area contributed by atoms with Gasteiger partial charge in [-0.1, -0.05) is 0 Å². The van der Waals surface area contributed by atoms with Crippen molar-refractivity contribution >= 4 is 6.08 Å². The topological polar surface area (TPSA) is 18.5 Å². The summed E-state index contributed by atoms with van der Waals surface area (Å²) in [6, 6.07) is 4.59. The van der Waals surface area contributed by atoms with Gasteiger partial charge < -0.3 is 9.47 Å². The van der Waals surface area contributed by atoms with Crippen LogP contribution in [0.2, 0.25) is 0 Å². The number of alkyl halides is 3. The molecule has 88 valence electrons. The van der Waals surface area contributed by atoms with Crippen LogP contribution in [0.4, 0.5) is 13.2 Å². The lowest BCUT2D eigenvalue weighted by Gasteiger charge is -2.07. The van der Waals surface area contributed by atoms with E-state index < -0.39 is 6.18 Å². The first-order valence-electron chi connectivity index (χ1n) is 4.44. The van der Waals surface area contributed by atoms with Crippen molar-refractivity contribution in [3.05, 3.63) is 29.8 Å². The summed E-state index contributed by atoms with van der Waals surface area (Å²) in [6.07, 6.45) is -3.21. The zero-order valence-electron chi connectivity index (χ0n) is 8.84. The van der Waals surface area contributed by atoms with Crippen LogP contribution < -0.4 is 9.47 Å². The third-order valence-corrected chi connectivity index (χ3v) is 1.89. The van der Waals surface area contributed by atoms with Crippen LogP contribution in [0.3, 0.4) is 0 Å². The van der Waals surface area contributed by atoms with Gasteiger partial charge in [0.25, 0.3) is 0 Å². The van der Waals surface area contributed by atoms with Gasteiger partial charge in [0, 0.05) is 17.7 Å². The Kier molecular flexibility index (Phi) is 3.82. The zero-order valence-corrected chi connectivity index (χ0v) is 8.84. The SMILES string of the molecule is COc1ccc(/C=C/C(F)(F)F)c(OC)c1. The summed E-state index contributed by atoms with van der Waals surface area (Å²) in [6.45, 7) is 0. The molecule has 0 fully saturated rings. The van der Waals surface area contributed by atoms with Gasteiger partial charge in [0.1, 0.15) is 11.5 Å². The minimum absolute atomic E-state index is 0.164. The van der Waals surface area contributed by atoms with Crippen molar-refractivity contribution in [3.8, 4) is 11.5 Å². The number of methoxy groups -OCH3 is 2. The molecule has 0 radical (unpaired) electrons. The molecule has 0 amide bonds. The predicted molar refractivity (Wildman–Crippen MR) is 54.6 cm³/mol. The number of benzene rings is 1. The molecule has 2 nitrogen and oxygen atoms in total. The zero-order chi connectivity index (χ0) is 12.2.